The first-order valence-corrected chi connectivity index (χ1v) is 9.37. The maximum atomic E-state index is 11.0. The van der Waals surface area contributed by atoms with Crippen molar-refractivity contribution in [2.45, 2.75) is 45.6 Å². The number of piperidine rings is 1. The first-order valence-electron chi connectivity index (χ1n) is 9.37. The van der Waals surface area contributed by atoms with Gasteiger partial charge in [0.2, 0.25) is 0 Å². The molecule has 2 aromatic rings. The van der Waals surface area contributed by atoms with E-state index in [9.17, 15) is 4.79 Å². The van der Waals surface area contributed by atoms with E-state index in [1.807, 2.05) is 24.4 Å². The predicted molar refractivity (Wildman–Crippen MR) is 101 cm³/mol. The zero-order chi connectivity index (χ0) is 18.5. The number of carbonyl (C=O) groups is 1. The monoisotopic (exact) mass is 353 g/mol. The molecule has 1 aliphatic rings. The summed E-state index contributed by atoms with van der Waals surface area (Å²) in [5.74, 6) is 0.990. The van der Waals surface area contributed by atoms with Gasteiger partial charge in [-0.05, 0) is 55.5 Å². The quantitative estimate of drug-likeness (QED) is 0.857. The lowest BCUT2D eigenvalue weighted by atomic mass is 9.91. The van der Waals surface area contributed by atoms with E-state index in [2.05, 4.69) is 23.7 Å². The van der Waals surface area contributed by atoms with Crippen LogP contribution in [0.4, 0.5) is 0 Å². The number of rotatable bonds is 6. The summed E-state index contributed by atoms with van der Waals surface area (Å²) in [4.78, 5) is 22.5. The normalized spacial score (nSPS) is 18.2. The average Bonchev–Trinajstić information content (AvgIpc) is 2.62. The maximum Gasteiger partial charge on any atom is 0.335 e. The molecule has 1 atom stereocenters. The number of nitrogens with zero attached hydrogens (tertiary/aromatic N) is 3. The van der Waals surface area contributed by atoms with Gasteiger partial charge in [0.1, 0.15) is 5.82 Å². The van der Waals surface area contributed by atoms with E-state index in [-0.39, 0.29) is 0 Å². The summed E-state index contributed by atoms with van der Waals surface area (Å²) >= 11 is 0. The molecule has 0 unspecified atom stereocenters. The molecule has 0 aliphatic carbocycles. The van der Waals surface area contributed by atoms with Crippen molar-refractivity contribution < 1.29 is 9.90 Å². The number of aromatic nitrogens is 2. The van der Waals surface area contributed by atoms with E-state index >= 15 is 0 Å². The summed E-state index contributed by atoms with van der Waals surface area (Å²) in [6.45, 7) is 7.27. The Labute approximate surface area is 155 Å². The van der Waals surface area contributed by atoms with Crippen molar-refractivity contribution >= 4 is 5.97 Å². The van der Waals surface area contributed by atoms with Crippen LogP contribution in [0.3, 0.4) is 0 Å². The van der Waals surface area contributed by atoms with Crippen molar-refractivity contribution in [2.75, 3.05) is 13.1 Å². The van der Waals surface area contributed by atoms with Crippen LogP contribution in [0.1, 0.15) is 60.0 Å². The first kappa shape index (κ1) is 18.5. The maximum absolute atomic E-state index is 11.0. The molecule has 1 aliphatic heterocycles. The predicted octanol–water partition coefficient (Wildman–Crippen LogP) is 3.75. The highest BCUT2D eigenvalue weighted by Gasteiger charge is 2.21. The van der Waals surface area contributed by atoms with E-state index < -0.39 is 5.97 Å². The van der Waals surface area contributed by atoms with E-state index in [4.69, 9.17) is 10.1 Å². The van der Waals surface area contributed by atoms with Gasteiger partial charge >= 0.3 is 5.97 Å². The molecule has 3 rings (SSSR count). The van der Waals surface area contributed by atoms with Crippen molar-refractivity contribution in [2.24, 2.45) is 5.92 Å². The van der Waals surface area contributed by atoms with E-state index in [0.717, 1.165) is 37.6 Å². The van der Waals surface area contributed by atoms with Crippen molar-refractivity contribution in [1.29, 1.82) is 0 Å². The van der Waals surface area contributed by atoms with Gasteiger partial charge in [-0.2, -0.15) is 0 Å². The molecular weight excluding hydrogens is 326 g/mol. The Morgan fingerprint density at radius 2 is 2.04 bits per heavy atom. The number of carboxylic acids is 1. The minimum absolute atomic E-state index is 0.345. The zero-order valence-electron chi connectivity index (χ0n) is 15.6. The fourth-order valence-corrected chi connectivity index (χ4v) is 3.59. The van der Waals surface area contributed by atoms with Crippen LogP contribution >= 0.6 is 0 Å². The third-order valence-corrected chi connectivity index (χ3v) is 4.96. The van der Waals surface area contributed by atoms with Crippen molar-refractivity contribution in [3.63, 3.8) is 0 Å². The highest BCUT2D eigenvalue weighted by Crippen LogP contribution is 2.22. The fraction of sp³-hybridized carbons (Fsp3) is 0.476. The smallest absolute Gasteiger partial charge is 0.335 e. The van der Waals surface area contributed by atoms with Crippen molar-refractivity contribution in [3.8, 4) is 0 Å². The number of aromatic carboxylic acids is 1. The van der Waals surface area contributed by atoms with Gasteiger partial charge < -0.3 is 5.11 Å². The van der Waals surface area contributed by atoms with E-state index in [0.29, 0.717) is 17.4 Å². The topological polar surface area (TPSA) is 66.3 Å². The fourth-order valence-electron chi connectivity index (χ4n) is 3.59. The third kappa shape index (κ3) is 4.88. The van der Waals surface area contributed by atoms with E-state index in [1.165, 1.54) is 18.4 Å². The molecule has 1 aromatic carbocycles. The molecule has 5 heteroatoms. The Hall–Kier alpha value is -2.27. The van der Waals surface area contributed by atoms with Gasteiger partial charge in [-0.3, -0.25) is 4.90 Å². The van der Waals surface area contributed by atoms with Gasteiger partial charge in [0, 0.05) is 25.2 Å². The van der Waals surface area contributed by atoms with Crippen molar-refractivity contribution in [1.82, 2.24) is 14.9 Å². The Morgan fingerprint density at radius 1 is 1.27 bits per heavy atom. The molecule has 1 saturated heterocycles. The summed E-state index contributed by atoms with van der Waals surface area (Å²) in [6.07, 6.45) is 5.28. The molecule has 2 heterocycles. The second-order valence-electron chi connectivity index (χ2n) is 7.51. The van der Waals surface area contributed by atoms with Gasteiger partial charge in [-0.15, -0.1) is 0 Å². The lowest BCUT2D eigenvalue weighted by Gasteiger charge is -2.32. The molecule has 26 heavy (non-hydrogen) atoms. The van der Waals surface area contributed by atoms with Crippen LogP contribution in [-0.2, 0) is 13.0 Å². The van der Waals surface area contributed by atoms with Crippen LogP contribution in [-0.4, -0.2) is 39.0 Å². The standard InChI is InChI=1S/C21H27N3O2/c1-15(2)20-22-10-9-19(23-20)14-24-11-3-4-17(13-24)12-16-5-7-18(8-6-16)21(25)26/h5-10,15,17H,3-4,11-14H2,1-2H3,(H,25,26)/t17-/m0/s1. The minimum Gasteiger partial charge on any atom is -0.478 e. The van der Waals surface area contributed by atoms with Crippen LogP contribution in [0.15, 0.2) is 36.5 Å². The molecular formula is C21H27N3O2. The first-order chi connectivity index (χ1) is 12.5. The second-order valence-corrected chi connectivity index (χ2v) is 7.51. The molecule has 1 aromatic heterocycles. The molecule has 0 radical (unpaired) electrons. The SMILES string of the molecule is CC(C)c1nccc(CN2CCC[C@@H](Cc3ccc(C(=O)O)cc3)C2)n1. The Bertz CT molecular complexity index is 743. The van der Waals surface area contributed by atoms with Crippen LogP contribution in [0.25, 0.3) is 0 Å². The summed E-state index contributed by atoms with van der Waals surface area (Å²) < 4.78 is 0. The molecule has 0 amide bonds. The number of hydrogen-bond acceptors (Lipinski definition) is 4. The minimum atomic E-state index is -0.869. The Kier molecular flexibility index (Phi) is 5.99. The summed E-state index contributed by atoms with van der Waals surface area (Å²) in [5, 5.41) is 9.01. The third-order valence-electron chi connectivity index (χ3n) is 4.96. The highest BCUT2D eigenvalue weighted by molar-refractivity contribution is 5.87. The van der Waals surface area contributed by atoms with Crippen LogP contribution in [0, 0.1) is 5.92 Å². The molecule has 0 spiro atoms. The molecule has 0 bridgehead atoms. The number of likely N-dealkylation sites (tertiary alicyclic amines) is 1. The number of hydrogen-bond donors (Lipinski definition) is 1. The average molecular weight is 353 g/mol. The highest BCUT2D eigenvalue weighted by atomic mass is 16.4. The molecule has 1 fully saturated rings. The molecule has 0 saturated carbocycles. The Balaban J connectivity index is 1.58. The lowest BCUT2D eigenvalue weighted by molar-refractivity contribution is 0.0697. The summed E-state index contributed by atoms with van der Waals surface area (Å²) in [7, 11) is 0. The summed E-state index contributed by atoms with van der Waals surface area (Å²) in [6, 6.07) is 9.31. The zero-order valence-corrected chi connectivity index (χ0v) is 15.6. The summed E-state index contributed by atoms with van der Waals surface area (Å²) in [5.41, 5.74) is 2.66. The van der Waals surface area contributed by atoms with Gasteiger partial charge in [-0.25, -0.2) is 14.8 Å². The second kappa shape index (κ2) is 8.41. The van der Waals surface area contributed by atoms with Crippen LogP contribution in [0.5, 0.6) is 0 Å². The van der Waals surface area contributed by atoms with Gasteiger partial charge in [0.05, 0.1) is 11.3 Å². The van der Waals surface area contributed by atoms with Gasteiger partial charge in [0.15, 0.2) is 0 Å². The molecule has 138 valence electrons. The van der Waals surface area contributed by atoms with Crippen LogP contribution in [0.2, 0.25) is 0 Å². The van der Waals surface area contributed by atoms with Gasteiger partial charge in [0.25, 0.3) is 0 Å². The largest absolute Gasteiger partial charge is 0.478 e. The molecule has 1 N–H and O–H groups in total. The van der Waals surface area contributed by atoms with Crippen LogP contribution < -0.4 is 0 Å². The van der Waals surface area contributed by atoms with Crippen molar-refractivity contribution in [3.05, 3.63) is 59.2 Å². The number of carboxylic acid groups (broad SMARTS) is 1. The Morgan fingerprint density at radius 3 is 2.73 bits per heavy atom. The van der Waals surface area contributed by atoms with E-state index in [1.54, 1.807) is 12.1 Å². The lowest BCUT2D eigenvalue weighted by Crippen LogP contribution is -2.36. The van der Waals surface area contributed by atoms with Gasteiger partial charge in [-0.1, -0.05) is 26.0 Å². The molecule has 5 nitrogen and oxygen atoms in total. The number of benzene rings is 1.